The summed E-state index contributed by atoms with van der Waals surface area (Å²) < 4.78 is 2.61. The number of nitrogens with zero attached hydrogens (tertiary/aromatic N) is 1. The highest BCUT2D eigenvalue weighted by Crippen LogP contribution is 2.37. The minimum Gasteiger partial charge on any atom is -0.391 e. The van der Waals surface area contributed by atoms with Crippen molar-refractivity contribution in [1.82, 2.24) is 4.90 Å². The summed E-state index contributed by atoms with van der Waals surface area (Å²) in [5.41, 5.74) is 2.32. The van der Waals surface area contributed by atoms with E-state index in [1.807, 2.05) is 48.5 Å². The van der Waals surface area contributed by atoms with Crippen molar-refractivity contribution in [2.24, 2.45) is 0 Å². The van der Waals surface area contributed by atoms with E-state index in [0.717, 1.165) is 5.56 Å². The summed E-state index contributed by atoms with van der Waals surface area (Å²) in [6.45, 7) is 0.627. The van der Waals surface area contributed by atoms with Gasteiger partial charge < -0.3 is 10.0 Å². The van der Waals surface area contributed by atoms with Crippen molar-refractivity contribution in [1.29, 1.82) is 0 Å². The van der Waals surface area contributed by atoms with Gasteiger partial charge in [0.15, 0.2) is 0 Å². The quantitative estimate of drug-likeness (QED) is 0.534. The second-order valence-electron chi connectivity index (χ2n) is 7.07. The Bertz CT molecular complexity index is 1020. The Labute approximate surface area is 158 Å². The molecule has 0 saturated heterocycles. The topological polar surface area (TPSA) is 23.5 Å². The molecule has 0 aliphatic heterocycles. The van der Waals surface area contributed by atoms with E-state index in [9.17, 15) is 5.11 Å². The van der Waals surface area contributed by atoms with Crippen molar-refractivity contribution in [3.05, 3.63) is 83.9 Å². The van der Waals surface area contributed by atoms with Gasteiger partial charge in [-0.3, -0.25) is 0 Å². The van der Waals surface area contributed by atoms with Gasteiger partial charge in [-0.1, -0.05) is 54.6 Å². The van der Waals surface area contributed by atoms with Crippen LogP contribution >= 0.6 is 11.3 Å². The number of hydrogen-bond donors (Lipinski definition) is 1. The van der Waals surface area contributed by atoms with Crippen LogP contribution in [0.4, 0.5) is 0 Å². The molecular formula is C23H23NOS. The van der Waals surface area contributed by atoms with Crippen LogP contribution in [0.25, 0.3) is 20.2 Å². The highest BCUT2D eigenvalue weighted by atomic mass is 32.1. The first kappa shape index (κ1) is 17.2. The average Bonchev–Trinajstić information content (AvgIpc) is 3.00. The number of likely N-dealkylation sites (N-methyl/N-ethyl adjacent to an activating group) is 1. The van der Waals surface area contributed by atoms with Crippen molar-refractivity contribution < 1.29 is 5.11 Å². The summed E-state index contributed by atoms with van der Waals surface area (Å²) >= 11 is 1.83. The van der Waals surface area contributed by atoms with Gasteiger partial charge in [-0.05, 0) is 43.4 Å². The number of aliphatic hydroxyl groups excluding tert-OH is 1. The molecule has 2 atom stereocenters. The monoisotopic (exact) mass is 361 g/mol. The Morgan fingerprint density at radius 1 is 0.808 bits per heavy atom. The molecule has 0 saturated carbocycles. The molecule has 0 bridgehead atoms. The van der Waals surface area contributed by atoms with E-state index in [1.165, 1.54) is 25.7 Å². The summed E-state index contributed by atoms with van der Waals surface area (Å²) in [6.07, 6.45) is -0.463. The van der Waals surface area contributed by atoms with Crippen molar-refractivity contribution in [3.8, 4) is 0 Å². The molecule has 2 unspecified atom stereocenters. The van der Waals surface area contributed by atoms with Crippen molar-refractivity contribution in [2.75, 3.05) is 20.6 Å². The highest BCUT2D eigenvalue weighted by molar-refractivity contribution is 7.25. The van der Waals surface area contributed by atoms with Crippen molar-refractivity contribution in [2.45, 2.75) is 12.0 Å². The van der Waals surface area contributed by atoms with Gasteiger partial charge in [-0.15, -0.1) is 11.3 Å². The molecule has 0 aliphatic rings. The van der Waals surface area contributed by atoms with Gasteiger partial charge >= 0.3 is 0 Å². The van der Waals surface area contributed by atoms with Crippen LogP contribution in [-0.2, 0) is 0 Å². The number of rotatable bonds is 5. The Hall–Kier alpha value is -2.20. The van der Waals surface area contributed by atoms with Gasteiger partial charge in [0.2, 0.25) is 0 Å². The zero-order valence-corrected chi connectivity index (χ0v) is 15.9. The molecule has 0 aliphatic carbocycles. The smallest absolute Gasteiger partial charge is 0.0775 e. The molecule has 4 aromatic rings. The minimum atomic E-state index is -0.463. The summed E-state index contributed by atoms with van der Waals surface area (Å²) in [5, 5.41) is 13.6. The maximum atomic E-state index is 11.0. The fourth-order valence-corrected chi connectivity index (χ4v) is 4.80. The highest BCUT2D eigenvalue weighted by Gasteiger charge is 2.24. The molecular weight excluding hydrogens is 338 g/mol. The summed E-state index contributed by atoms with van der Waals surface area (Å²) in [5.74, 6) is -0.0401. The van der Waals surface area contributed by atoms with Crippen molar-refractivity contribution in [3.63, 3.8) is 0 Å². The van der Waals surface area contributed by atoms with Crippen LogP contribution in [0.5, 0.6) is 0 Å². The largest absolute Gasteiger partial charge is 0.391 e. The van der Waals surface area contributed by atoms with E-state index in [4.69, 9.17) is 0 Å². The minimum absolute atomic E-state index is 0.0401. The first-order chi connectivity index (χ1) is 12.6. The molecule has 1 heterocycles. The van der Waals surface area contributed by atoms with E-state index in [0.29, 0.717) is 6.54 Å². The Morgan fingerprint density at radius 2 is 1.50 bits per heavy atom. The van der Waals surface area contributed by atoms with Gasteiger partial charge in [-0.2, -0.15) is 0 Å². The summed E-state index contributed by atoms with van der Waals surface area (Å²) in [4.78, 5) is 2.04. The number of hydrogen-bond acceptors (Lipinski definition) is 3. The summed E-state index contributed by atoms with van der Waals surface area (Å²) in [7, 11) is 4.00. The van der Waals surface area contributed by atoms with Crippen LogP contribution in [-0.4, -0.2) is 36.8 Å². The van der Waals surface area contributed by atoms with E-state index in [-0.39, 0.29) is 5.92 Å². The molecule has 1 N–H and O–H groups in total. The fourth-order valence-electron chi connectivity index (χ4n) is 3.71. The van der Waals surface area contributed by atoms with Gasteiger partial charge in [0.25, 0.3) is 0 Å². The lowest BCUT2D eigenvalue weighted by Gasteiger charge is -2.26. The number of fused-ring (bicyclic) bond motifs is 3. The zero-order valence-electron chi connectivity index (χ0n) is 15.1. The third-order valence-corrected chi connectivity index (χ3v) is 6.01. The molecule has 3 heteroatoms. The molecule has 2 nitrogen and oxygen atoms in total. The molecule has 0 fully saturated rings. The molecule has 0 amide bonds. The Balaban J connectivity index is 1.85. The number of benzene rings is 3. The molecule has 4 rings (SSSR count). The lowest BCUT2D eigenvalue weighted by atomic mass is 9.85. The van der Waals surface area contributed by atoms with Gasteiger partial charge in [-0.25, -0.2) is 0 Å². The first-order valence-electron chi connectivity index (χ1n) is 8.92. The number of aliphatic hydroxyl groups is 1. The SMILES string of the molecule is CN(C)CC(O)C(c1ccccc1)c1ccc2sc3ccccc3c2c1. The third kappa shape index (κ3) is 3.26. The number of thiophene rings is 1. The molecule has 3 aromatic carbocycles. The second kappa shape index (κ2) is 7.20. The van der Waals surface area contributed by atoms with Gasteiger partial charge in [0.1, 0.15) is 0 Å². The van der Waals surface area contributed by atoms with Gasteiger partial charge in [0.05, 0.1) is 6.10 Å². The van der Waals surface area contributed by atoms with Crippen LogP contribution in [0.1, 0.15) is 17.0 Å². The van der Waals surface area contributed by atoms with Gasteiger partial charge in [0, 0.05) is 32.6 Å². The molecule has 1 aromatic heterocycles. The van der Waals surface area contributed by atoms with Crippen molar-refractivity contribution >= 4 is 31.5 Å². The lowest BCUT2D eigenvalue weighted by Crippen LogP contribution is -2.31. The maximum absolute atomic E-state index is 11.0. The molecule has 0 radical (unpaired) electrons. The summed E-state index contributed by atoms with van der Waals surface area (Å²) in [6, 6.07) is 25.5. The van der Waals surface area contributed by atoms with Crippen LogP contribution < -0.4 is 0 Å². The average molecular weight is 362 g/mol. The predicted molar refractivity (Wildman–Crippen MR) is 112 cm³/mol. The standard InChI is InChI=1S/C23H23NOS/c1-24(2)15-20(25)23(16-8-4-3-5-9-16)17-12-13-22-19(14-17)18-10-6-7-11-21(18)26-22/h3-14,20,23,25H,15H2,1-2H3. The van der Waals surface area contributed by atoms with E-state index < -0.39 is 6.10 Å². The van der Waals surface area contributed by atoms with Crippen LogP contribution in [0.3, 0.4) is 0 Å². The predicted octanol–water partition coefficient (Wildman–Crippen LogP) is 5.11. The fraction of sp³-hybridized carbons (Fsp3) is 0.217. The lowest BCUT2D eigenvalue weighted by molar-refractivity contribution is 0.121. The first-order valence-corrected chi connectivity index (χ1v) is 9.74. The molecule has 26 heavy (non-hydrogen) atoms. The molecule has 132 valence electrons. The molecule has 0 spiro atoms. The van der Waals surface area contributed by atoms with E-state index in [1.54, 1.807) is 0 Å². The normalized spacial score (nSPS) is 14.2. The Kier molecular flexibility index (Phi) is 4.77. The third-order valence-electron chi connectivity index (χ3n) is 4.86. The Morgan fingerprint density at radius 3 is 2.27 bits per heavy atom. The van der Waals surface area contributed by atoms with Crippen LogP contribution in [0, 0.1) is 0 Å². The second-order valence-corrected chi connectivity index (χ2v) is 8.16. The van der Waals surface area contributed by atoms with E-state index >= 15 is 0 Å². The maximum Gasteiger partial charge on any atom is 0.0775 e. The zero-order chi connectivity index (χ0) is 18.1. The van der Waals surface area contributed by atoms with Crippen LogP contribution in [0.15, 0.2) is 72.8 Å². The van der Waals surface area contributed by atoms with Crippen LogP contribution in [0.2, 0.25) is 0 Å². The van der Waals surface area contributed by atoms with E-state index in [2.05, 4.69) is 54.6 Å².